The molecule has 1 aromatic carbocycles. The van der Waals surface area contributed by atoms with Crippen LogP contribution in [0.2, 0.25) is 0 Å². The Morgan fingerprint density at radius 2 is 1.82 bits per heavy atom. The maximum atomic E-state index is 6.08. The minimum atomic E-state index is 0.289. The van der Waals surface area contributed by atoms with Gasteiger partial charge in [0.05, 0.1) is 7.11 Å². The molecule has 1 atom stereocenters. The largest absolute Gasteiger partial charge is 0.496 e. The fourth-order valence-electron chi connectivity index (χ4n) is 1.99. The molecule has 2 heteroatoms. The zero-order valence-corrected chi connectivity index (χ0v) is 11.7. The molecular weight excluding hydrogens is 210 g/mol. The van der Waals surface area contributed by atoms with Crippen LogP contribution >= 0.6 is 0 Å². The highest BCUT2D eigenvalue weighted by atomic mass is 16.5. The summed E-state index contributed by atoms with van der Waals surface area (Å²) in [5, 5.41) is 0. The topological polar surface area (TPSA) is 35.2 Å². The van der Waals surface area contributed by atoms with Crippen LogP contribution in [-0.2, 0) is 6.42 Å². The summed E-state index contributed by atoms with van der Waals surface area (Å²) in [4.78, 5) is 0. The molecule has 1 unspecified atom stereocenters. The molecule has 0 heterocycles. The summed E-state index contributed by atoms with van der Waals surface area (Å²) in [6.45, 7) is 8.58. The summed E-state index contributed by atoms with van der Waals surface area (Å²) < 4.78 is 5.32. The van der Waals surface area contributed by atoms with E-state index < -0.39 is 0 Å². The fourth-order valence-corrected chi connectivity index (χ4v) is 1.99. The van der Waals surface area contributed by atoms with Crippen molar-refractivity contribution in [3.63, 3.8) is 0 Å². The number of benzene rings is 1. The molecule has 2 nitrogen and oxygen atoms in total. The minimum absolute atomic E-state index is 0.289. The molecule has 1 aromatic rings. The van der Waals surface area contributed by atoms with Gasteiger partial charge in [-0.25, -0.2) is 0 Å². The van der Waals surface area contributed by atoms with Crippen LogP contribution in [0.4, 0.5) is 0 Å². The third-order valence-corrected chi connectivity index (χ3v) is 3.46. The zero-order chi connectivity index (χ0) is 13.0. The molecule has 0 aliphatic carbocycles. The molecule has 2 N–H and O–H groups in total. The molecule has 0 fully saturated rings. The molecule has 0 spiro atoms. The van der Waals surface area contributed by atoms with E-state index in [1.165, 1.54) is 16.7 Å². The van der Waals surface area contributed by atoms with Crippen molar-refractivity contribution in [2.45, 2.75) is 46.6 Å². The van der Waals surface area contributed by atoms with Gasteiger partial charge < -0.3 is 10.5 Å². The molecule has 1 rings (SSSR count). The molecule has 0 saturated heterocycles. The van der Waals surface area contributed by atoms with Crippen LogP contribution in [-0.4, -0.2) is 13.2 Å². The van der Waals surface area contributed by atoms with Crippen LogP contribution < -0.4 is 10.5 Å². The average molecular weight is 235 g/mol. The van der Waals surface area contributed by atoms with Gasteiger partial charge in [-0.05, 0) is 55.4 Å². The number of methoxy groups -OCH3 is 1. The summed E-state index contributed by atoms with van der Waals surface area (Å²) >= 11 is 0. The first-order valence-corrected chi connectivity index (χ1v) is 6.35. The van der Waals surface area contributed by atoms with Crippen molar-refractivity contribution in [3.8, 4) is 5.75 Å². The molecule has 17 heavy (non-hydrogen) atoms. The first-order chi connectivity index (χ1) is 7.95. The maximum Gasteiger partial charge on any atom is 0.122 e. The van der Waals surface area contributed by atoms with E-state index in [0.29, 0.717) is 5.92 Å². The van der Waals surface area contributed by atoms with E-state index in [4.69, 9.17) is 10.5 Å². The molecular formula is C15H25NO. The van der Waals surface area contributed by atoms with Gasteiger partial charge in [-0.15, -0.1) is 0 Å². The van der Waals surface area contributed by atoms with Crippen molar-refractivity contribution >= 4 is 0 Å². The Morgan fingerprint density at radius 1 is 1.18 bits per heavy atom. The minimum Gasteiger partial charge on any atom is -0.496 e. The SMILES string of the molecule is COc1cc(C)c(CCC(N)C(C)C)cc1C. The highest BCUT2D eigenvalue weighted by Gasteiger charge is 2.10. The van der Waals surface area contributed by atoms with Gasteiger partial charge >= 0.3 is 0 Å². The Balaban J connectivity index is 2.75. The van der Waals surface area contributed by atoms with Crippen molar-refractivity contribution in [2.75, 3.05) is 7.11 Å². The van der Waals surface area contributed by atoms with Crippen molar-refractivity contribution < 1.29 is 4.74 Å². The number of ether oxygens (including phenoxy) is 1. The number of aryl methyl sites for hydroxylation is 3. The van der Waals surface area contributed by atoms with E-state index in [0.717, 1.165) is 18.6 Å². The Labute approximate surface area is 105 Å². The summed E-state index contributed by atoms with van der Waals surface area (Å²) in [5.41, 5.74) is 9.97. The second-order valence-electron chi connectivity index (χ2n) is 5.19. The van der Waals surface area contributed by atoms with Gasteiger partial charge in [0.15, 0.2) is 0 Å². The summed E-state index contributed by atoms with van der Waals surface area (Å²) in [7, 11) is 1.72. The lowest BCUT2D eigenvalue weighted by Crippen LogP contribution is -2.26. The third kappa shape index (κ3) is 3.74. The average Bonchev–Trinajstić information content (AvgIpc) is 2.29. The highest BCUT2D eigenvalue weighted by Crippen LogP contribution is 2.23. The van der Waals surface area contributed by atoms with Crippen molar-refractivity contribution in [1.29, 1.82) is 0 Å². The van der Waals surface area contributed by atoms with Crippen LogP contribution in [0.25, 0.3) is 0 Å². The van der Waals surface area contributed by atoms with Crippen LogP contribution in [0.15, 0.2) is 12.1 Å². The number of nitrogens with two attached hydrogens (primary N) is 1. The lowest BCUT2D eigenvalue weighted by Gasteiger charge is -2.17. The van der Waals surface area contributed by atoms with Gasteiger partial charge in [-0.1, -0.05) is 19.9 Å². The van der Waals surface area contributed by atoms with Gasteiger partial charge in [0.1, 0.15) is 5.75 Å². The van der Waals surface area contributed by atoms with Crippen molar-refractivity contribution in [1.82, 2.24) is 0 Å². The predicted molar refractivity (Wildman–Crippen MR) is 73.6 cm³/mol. The van der Waals surface area contributed by atoms with Gasteiger partial charge in [-0.2, -0.15) is 0 Å². The van der Waals surface area contributed by atoms with Gasteiger partial charge in [-0.3, -0.25) is 0 Å². The second kappa shape index (κ2) is 6.06. The highest BCUT2D eigenvalue weighted by molar-refractivity contribution is 5.41. The van der Waals surface area contributed by atoms with Crippen LogP contribution in [0.3, 0.4) is 0 Å². The predicted octanol–water partition coefficient (Wildman–Crippen LogP) is 3.23. The Bertz CT molecular complexity index is 371. The molecule has 0 aliphatic heterocycles. The summed E-state index contributed by atoms with van der Waals surface area (Å²) in [6.07, 6.45) is 2.10. The summed E-state index contributed by atoms with van der Waals surface area (Å²) in [6, 6.07) is 4.63. The monoisotopic (exact) mass is 235 g/mol. The lowest BCUT2D eigenvalue weighted by atomic mass is 9.94. The van der Waals surface area contributed by atoms with Crippen LogP contribution in [0.5, 0.6) is 5.75 Å². The van der Waals surface area contributed by atoms with Crippen LogP contribution in [0.1, 0.15) is 37.0 Å². The fraction of sp³-hybridized carbons (Fsp3) is 0.600. The Hall–Kier alpha value is -1.02. The normalized spacial score (nSPS) is 12.9. The smallest absolute Gasteiger partial charge is 0.122 e. The van der Waals surface area contributed by atoms with Gasteiger partial charge in [0.25, 0.3) is 0 Å². The second-order valence-corrected chi connectivity index (χ2v) is 5.19. The molecule has 0 aliphatic rings. The molecule has 0 amide bonds. The molecule has 0 bridgehead atoms. The number of rotatable bonds is 5. The van der Waals surface area contributed by atoms with E-state index in [-0.39, 0.29) is 6.04 Å². The van der Waals surface area contributed by atoms with Crippen molar-refractivity contribution in [3.05, 3.63) is 28.8 Å². The Kier molecular flexibility index (Phi) is 5.01. The van der Waals surface area contributed by atoms with E-state index in [1.807, 2.05) is 0 Å². The molecule has 0 saturated carbocycles. The Morgan fingerprint density at radius 3 is 2.35 bits per heavy atom. The first-order valence-electron chi connectivity index (χ1n) is 6.35. The van der Waals surface area contributed by atoms with Crippen LogP contribution in [0, 0.1) is 19.8 Å². The standard InChI is InChI=1S/C15H25NO/c1-10(2)14(16)7-6-13-8-12(4)15(17-5)9-11(13)3/h8-10,14H,6-7,16H2,1-5H3. The lowest BCUT2D eigenvalue weighted by molar-refractivity contribution is 0.411. The molecule has 0 aromatic heterocycles. The summed E-state index contributed by atoms with van der Waals surface area (Å²) in [5.74, 6) is 1.52. The van der Waals surface area contributed by atoms with E-state index in [2.05, 4.69) is 39.8 Å². The van der Waals surface area contributed by atoms with E-state index in [1.54, 1.807) is 7.11 Å². The quantitative estimate of drug-likeness (QED) is 0.850. The van der Waals surface area contributed by atoms with Gasteiger partial charge in [0, 0.05) is 6.04 Å². The molecule has 0 radical (unpaired) electrons. The maximum absolute atomic E-state index is 6.08. The number of hydrogen-bond acceptors (Lipinski definition) is 2. The first kappa shape index (κ1) is 14.0. The number of hydrogen-bond donors (Lipinski definition) is 1. The van der Waals surface area contributed by atoms with Crippen molar-refractivity contribution in [2.24, 2.45) is 11.7 Å². The van der Waals surface area contributed by atoms with E-state index in [9.17, 15) is 0 Å². The zero-order valence-electron chi connectivity index (χ0n) is 11.7. The molecule has 96 valence electrons. The third-order valence-electron chi connectivity index (χ3n) is 3.46. The van der Waals surface area contributed by atoms with E-state index >= 15 is 0 Å². The van der Waals surface area contributed by atoms with Gasteiger partial charge in [0.2, 0.25) is 0 Å².